The number of amides is 13. The number of primary amides is 1. The maximum absolute atomic E-state index is 15.2. The molecular weight excluding hydrogens is 1930 g/mol. The molecule has 0 radical (unpaired) electrons. The van der Waals surface area contributed by atoms with Crippen molar-refractivity contribution < 1.29 is 153 Å². The molecule has 1 fully saturated rings. The Bertz CT molecular complexity index is 4260. The second-order valence-electron chi connectivity index (χ2n) is 31.9. The van der Waals surface area contributed by atoms with Crippen LogP contribution in [-0.4, -0.2) is 431 Å². The molecule has 13 amide bonds. The number of nitrogens with zero attached hydrogens (tertiary/aromatic N) is 3. The zero-order valence-corrected chi connectivity index (χ0v) is 83.7. The average Bonchev–Trinajstić information content (AvgIpc) is 1.61. The Hall–Kier alpha value is -9.45. The number of hydrogen-bond donors (Lipinski definition) is 19. The zero-order valence-electron chi connectivity index (χ0n) is 80.4. The van der Waals surface area contributed by atoms with Crippen molar-refractivity contribution in [1.82, 2.24) is 84.3 Å². The fourth-order valence-corrected chi connectivity index (χ4v) is 16.8. The van der Waals surface area contributed by atoms with Crippen LogP contribution in [0.1, 0.15) is 70.9 Å². The number of aliphatic hydroxyl groups excluding tert-OH is 3. The van der Waals surface area contributed by atoms with E-state index in [1.165, 1.54) is 30.8 Å². The smallest absolute Gasteiger partial charge is 0.407 e. The van der Waals surface area contributed by atoms with Gasteiger partial charge in [-0.1, -0.05) is 39.3 Å². The molecule has 1 saturated heterocycles. The van der Waals surface area contributed by atoms with E-state index in [1.54, 1.807) is 55.7 Å². The number of aromatic amines is 1. The first-order valence-electron chi connectivity index (χ1n) is 46.0. The molecule has 54 heteroatoms. The number of fused-ring (bicyclic) bond motifs is 5. The van der Waals surface area contributed by atoms with Crippen molar-refractivity contribution in [2.24, 2.45) is 28.6 Å². The number of ether oxygens (including phenoxy) is 12. The number of phenolic OH excluding ortho intramolecular Hbond substituents is 1. The highest BCUT2D eigenvalue weighted by Crippen LogP contribution is 2.36. The average molecular weight is 2070 g/mol. The number of nitrogens with one attached hydrogen (secondary N) is 14. The Morgan fingerprint density at radius 2 is 1.20 bits per heavy atom. The number of nitrogens with two attached hydrogens (primary N) is 1. The van der Waals surface area contributed by atoms with E-state index < -0.39 is 218 Å². The van der Waals surface area contributed by atoms with Gasteiger partial charge in [-0.05, 0) is 42.5 Å². The Balaban J connectivity index is 0.000000585. The number of hydrazine groups is 2. The molecule has 6 rings (SSSR count). The number of ketones is 1. The van der Waals surface area contributed by atoms with Gasteiger partial charge in [-0.25, -0.2) is 4.79 Å². The van der Waals surface area contributed by atoms with Crippen LogP contribution in [0, 0.1) is 17.8 Å². The second kappa shape index (κ2) is 71.1. The summed E-state index contributed by atoms with van der Waals surface area (Å²) in [5.41, 5.74) is 13.4. The number of oxime groups is 1. The molecule has 4 aliphatic heterocycles. The van der Waals surface area contributed by atoms with Gasteiger partial charge in [0.25, 0.3) is 5.91 Å². The minimum Gasteiger partial charge on any atom is -0.508 e. The minimum atomic E-state index is -2.46. The largest absolute Gasteiger partial charge is 0.508 e. The molecule has 1 unspecified atom stereocenters. The molecule has 4 aliphatic rings. The van der Waals surface area contributed by atoms with Crippen LogP contribution < -0.4 is 75.2 Å². The van der Waals surface area contributed by atoms with Crippen LogP contribution in [0.2, 0.25) is 0 Å². The fraction of sp³-hybridized carbons (Fsp3) is 0.709. The Kier molecular flexibility index (Phi) is 61.4. The molecule has 2 bridgehead atoms. The van der Waals surface area contributed by atoms with Crippen molar-refractivity contribution in [3.8, 4) is 5.75 Å². The molecule has 1 aromatic heterocycles. The number of phenols is 1. The van der Waals surface area contributed by atoms with Crippen molar-refractivity contribution in [2.75, 3.05) is 260 Å². The lowest BCUT2D eigenvalue weighted by atomic mass is 9.86. The van der Waals surface area contributed by atoms with E-state index in [-0.39, 0.29) is 92.2 Å². The third-order valence-electron chi connectivity index (χ3n) is 21.1. The van der Waals surface area contributed by atoms with Crippen LogP contribution in [-0.2, 0) is 147 Å². The lowest BCUT2D eigenvalue weighted by molar-refractivity contribution is -0.144. The molecule has 1 aromatic carbocycles. The summed E-state index contributed by atoms with van der Waals surface area (Å²) in [6.07, 6.45) is 0.989. The van der Waals surface area contributed by atoms with Crippen molar-refractivity contribution >= 4 is 145 Å². The predicted molar refractivity (Wildman–Crippen MR) is 513 cm³/mol. The maximum Gasteiger partial charge on any atom is 0.407 e. The summed E-state index contributed by atoms with van der Waals surface area (Å²) < 4.78 is 80.2. The summed E-state index contributed by atoms with van der Waals surface area (Å²) in [6, 6.07) is -6.05. The minimum absolute atomic E-state index is 0.0149. The summed E-state index contributed by atoms with van der Waals surface area (Å²) in [6.45, 7) is 12.6. The number of H-pyrrole nitrogens is 1. The van der Waals surface area contributed by atoms with Crippen LogP contribution in [0.4, 0.5) is 4.79 Å². The molecular formula is C86H142N18O32S4. The quantitative estimate of drug-likeness (QED) is 0.0167. The summed E-state index contributed by atoms with van der Waals surface area (Å²) in [5.74, 6) is -13.1. The van der Waals surface area contributed by atoms with E-state index in [0.717, 1.165) is 23.6 Å². The standard InChI is InChI=1S/C58H91N9O21S2.C28H51N9O11S2/c1-5-9-82-10-11-83-12-13-84-14-15-85-16-17-86-18-19-87-20-21-88-22-23-89-32-41-46(71)8-7-38-40-26-42-53(76)60-28-36(69)24-39(34(3)6-2)52(75)61-29-49(74)62-44(33-90(81)57(40)66-51(38)41)54(77)64-43(27-48(59)73)58(80)67-30-37(70)25-45(67)55(78)65-50(56(79)63-42)35(4)47(72)31-68;1-43-8-9-45-12-13-46-11-10-44-7-6-37-17-22(34-36-37)18-47-28(42)30-5-4-29-24(38)14-31-25(39)15-32-26(40)16-33-27(41)19-48-35-23(20-49-2)21-50-3/h7-8,34-35,37,39,42-45,47,50,66,68,70-72H,5-6,9-33H2,1-4H3,(H2,59,73)(H,60,76)(H,61,75)(H,62,74)(H,63,79)(H,64,77)(H,65,78);17,34,36H,4-16,18-21H2,1-3H3,(H,29,38)(H,30,42)(H,31,39)(H,32,40)(H,33,41)/t34-,35-,37+,39-,42-,43-,44+,45-,47-,50-,90?;/m0./s1. The summed E-state index contributed by atoms with van der Waals surface area (Å²) in [4.78, 5) is 195. The summed E-state index contributed by atoms with van der Waals surface area (Å²) in [7, 11) is -0.845. The number of aromatic hydroxyl groups is 1. The van der Waals surface area contributed by atoms with Gasteiger partial charge in [0.1, 0.15) is 47.6 Å². The highest BCUT2D eigenvalue weighted by molar-refractivity contribution is 8.00. The molecule has 0 spiro atoms. The van der Waals surface area contributed by atoms with Crippen LogP contribution >= 0.6 is 35.3 Å². The number of benzene rings is 1. The molecule has 0 saturated carbocycles. The third kappa shape index (κ3) is 48.1. The van der Waals surface area contributed by atoms with Gasteiger partial charge < -0.3 is 162 Å². The van der Waals surface area contributed by atoms with Crippen molar-refractivity contribution in [3.05, 3.63) is 35.2 Å². The van der Waals surface area contributed by atoms with E-state index in [0.29, 0.717) is 154 Å². The monoisotopic (exact) mass is 2070 g/mol. The van der Waals surface area contributed by atoms with E-state index >= 15 is 4.21 Å². The second-order valence-corrected chi connectivity index (χ2v) is 36.2. The first kappa shape index (κ1) is 121. The molecule has 2 aromatic rings. The lowest BCUT2D eigenvalue weighted by Gasteiger charge is -2.32. The van der Waals surface area contributed by atoms with Gasteiger partial charge in [0.05, 0.1) is 230 Å². The van der Waals surface area contributed by atoms with Crippen LogP contribution in [0.15, 0.2) is 34.2 Å². The van der Waals surface area contributed by atoms with Crippen LogP contribution in [0.3, 0.4) is 0 Å². The van der Waals surface area contributed by atoms with Gasteiger partial charge in [0.2, 0.25) is 65.0 Å². The number of Topliss-reactive ketones (excluding diaryl/α,β-unsaturated/α-hetero) is 1. The predicted octanol–water partition coefficient (Wildman–Crippen LogP) is -5.93. The van der Waals surface area contributed by atoms with Gasteiger partial charge in [0, 0.05) is 105 Å². The molecule has 20 N–H and O–H groups in total. The lowest BCUT2D eigenvalue weighted by Crippen LogP contribution is -2.62. The van der Waals surface area contributed by atoms with Crippen LogP contribution in [0.25, 0.3) is 10.9 Å². The van der Waals surface area contributed by atoms with E-state index in [2.05, 4.69) is 79.6 Å². The number of aromatic nitrogens is 1. The zero-order chi connectivity index (χ0) is 102. The maximum atomic E-state index is 15.2. The van der Waals surface area contributed by atoms with Crippen molar-refractivity contribution in [2.45, 2.75) is 119 Å². The number of thioether (sulfide) groups is 3. The molecule has 0 aliphatic carbocycles. The van der Waals surface area contributed by atoms with Gasteiger partial charge in [-0.2, -0.15) is 35.3 Å². The Morgan fingerprint density at radius 1 is 0.643 bits per heavy atom. The molecule has 140 heavy (non-hydrogen) atoms. The number of carbonyl (C=O) groups is 14. The highest BCUT2D eigenvalue weighted by Gasteiger charge is 2.46. The van der Waals surface area contributed by atoms with Crippen LogP contribution in [0.5, 0.6) is 5.75 Å². The SMILES string of the molecule is CCCOCCOCCOCCOCCOCCOCCOCCSCc1c(O)ccc2c3c([nH]c12)S(=O)C[C@H]1NC(=O)CNC(=O)[C@H]([C@@H](C)CC)CC(=O)CNC(=O)[C@H](C3)NC(=O)[C@H]([C@@H](C)[C@@H](O)CO)NC(=O)[C@@H]2C[C@@H](O)CN2C(=O)[C@H](CC(N)=O)NC1=O.COCCOCCOCCOCCN1C=C(COC(=O)NCCNC(=O)CNC(=O)CNC(=O)CNC(=O)CON=C(CSC)CSC)NN1. The summed E-state index contributed by atoms with van der Waals surface area (Å²) >= 11 is 4.53. The molecule has 50 nitrogen and oxygen atoms in total. The molecule has 792 valence electrons. The van der Waals surface area contributed by atoms with E-state index in [4.69, 9.17) is 67.4 Å². The first-order chi connectivity index (χ1) is 67.4. The fourth-order valence-electron chi connectivity index (χ4n) is 13.5. The normalized spacial score (nSPS) is 19.6. The number of aliphatic hydroxyl groups is 3. The topological polar surface area (TPSA) is 674 Å². The van der Waals surface area contributed by atoms with Gasteiger partial charge in [-0.15, -0.1) is 5.53 Å². The van der Waals surface area contributed by atoms with E-state index in [9.17, 15) is 87.5 Å². The van der Waals surface area contributed by atoms with Gasteiger partial charge >= 0.3 is 6.09 Å². The third-order valence-corrected chi connectivity index (χ3v) is 24.7. The number of methoxy groups -OCH3 is 1. The van der Waals surface area contributed by atoms with E-state index in [1.807, 2.05) is 19.4 Å². The van der Waals surface area contributed by atoms with Crippen molar-refractivity contribution in [1.29, 1.82) is 0 Å². The number of hydrogen-bond acceptors (Lipinski definition) is 39. The number of rotatable bonds is 62. The Labute approximate surface area is 828 Å². The first-order valence-corrected chi connectivity index (χ1v) is 51.2. The molecule has 11 atom stereocenters. The number of carbonyl (C=O) groups excluding carboxylic acids is 14. The van der Waals surface area contributed by atoms with Gasteiger partial charge in [0.15, 0.2) is 12.4 Å². The van der Waals surface area contributed by atoms with Gasteiger partial charge in [-0.3, -0.25) is 71.5 Å². The Morgan fingerprint density at radius 3 is 1.77 bits per heavy atom. The highest BCUT2D eigenvalue weighted by atomic mass is 32.2. The van der Waals surface area contributed by atoms with Crippen molar-refractivity contribution in [3.63, 3.8) is 0 Å². The number of alkyl carbamates (subject to hydrolysis) is 1. The summed E-state index contributed by atoms with van der Waals surface area (Å²) in [5, 5.41) is 76.1. The molecule has 5 heterocycles.